The van der Waals surface area contributed by atoms with E-state index in [1.807, 2.05) is 0 Å². The molecular weight excluding hydrogens is 476 g/mol. The summed E-state index contributed by atoms with van der Waals surface area (Å²) in [7, 11) is 0. The first-order chi connectivity index (χ1) is 14.0. The Balaban J connectivity index is 0.00000181. The van der Waals surface area contributed by atoms with Crippen LogP contribution in [0.3, 0.4) is 0 Å². The molecule has 13 heteroatoms. The van der Waals surface area contributed by atoms with E-state index in [4.69, 9.17) is 16.1 Å². The van der Waals surface area contributed by atoms with Crippen molar-refractivity contribution in [3.8, 4) is 11.3 Å². The second kappa shape index (κ2) is 9.32. The van der Waals surface area contributed by atoms with Gasteiger partial charge in [0.05, 0.1) is 10.6 Å². The number of aromatic nitrogens is 1. The van der Waals surface area contributed by atoms with Crippen molar-refractivity contribution < 1.29 is 64.9 Å². The largest absolute Gasteiger partial charge is 1.00 e. The van der Waals surface area contributed by atoms with Crippen LogP contribution in [0.25, 0.3) is 11.3 Å². The van der Waals surface area contributed by atoms with Crippen LogP contribution in [0, 0.1) is 12.7 Å². The predicted molar refractivity (Wildman–Crippen MR) is 111 cm³/mol. The molecule has 0 aliphatic carbocycles. The van der Waals surface area contributed by atoms with Crippen LogP contribution in [0.15, 0.2) is 22.7 Å². The van der Waals surface area contributed by atoms with Crippen LogP contribution in [0.1, 0.15) is 31.4 Å². The number of hydrogen-bond acceptors (Lipinski definition) is 6. The van der Waals surface area contributed by atoms with E-state index in [1.54, 1.807) is 13.8 Å². The minimum Gasteiger partial charge on any atom is -1.00 e. The quantitative estimate of drug-likeness (QED) is 0.408. The molecule has 0 spiro atoms. The van der Waals surface area contributed by atoms with Gasteiger partial charge in [0.1, 0.15) is 40.3 Å². The van der Waals surface area contributed by atoms with Gasteiger partial charge >= 0.3 is 35.5 Å². The molecule has 3 atom stereocenters. The normalized spacial score (nSPS) is 22.8. The monoisotopic (exact) mass is 495 g/mol. The van der Waals surface area contributed by atoms with Crippen LogP contribution in [-0.4, -0.2) is 60.6 Å². The van der Waals surface area contributed by atoms with Crippen LogP contribution < -0.4 is 34.9 Å². The number of carboxylic acid groups (broad SMARTS) is 1. The van der Waals surface area contributed by atoms with Gasteiger partial charge in [0.2, 0.25) is 5.91 Å². The number of β-lactam (4-membered cyclic amide) rings is 1. The molecule has 3 heterocycles. The van der Waals surface area contributed by atoms with Gasteiger partial charge in [0.25, 0.3) is 5.91 Å². The number of fused-ring (bicyclic) bond motifs is 1. The number of aryl methyl sites for hydroxylation is 1. The molecule has 2 aliphatic heterocycles. The van der Waals surface area contributed by atoms with E-state index in [2.05, 4.69) is 10.5 Å². The van der Waals surface area contributed by atoms with E-state index in [0.29, 0.717) is 0 Å². The average Bonchev–Trinajstić information content (AvgIpc) is 3.14. The van der Waals surface area contributed by atoms with Gasteiger partial charge in [-0.15, -0.1) is 11.8 Å². The van der Waals surface area contributed by atoms with Crippen LogP contribution >= 0.6 is 23.4 Å². The van der Waals surface area contributed by atoms with Gasteiger partial charge in [-0.3, -0.25) is 9.59 Å². The van der Waals surface area contributed by atoms with Crippen LogP contribution in [0.2, 0.25) is 5.02 Å². The fourth-order valence-corrected chi connectivity index (χ4v) is 5.77. The van der Waals surface area contributed by atoms with Gasteiger partial charge in [-0.1, -0.05) is 22.8 Å². The average molecular weight is 496 g/mol. The summed E-state index contributed by atoms with van der Waals surface area (Å²) in [5, 5.41) is 15.4. The number of aliphatic carboxylic acids is 1. The number of halogens is 2. The number of nitrogens with zero attached hydrogens (tertiary/aromatic N) is 2. The fraction of sp³-hybridized carbons (Fsp3) is 0.368. The van der Waals surface area contributed by atoms with Gasteiger partial charge in [0.15, 0.2) is 0 Å². The number of hydrogen-bond donors (Lipinski definition) is 2. The standard InChI is InChI=1S/C19H17ClFN3O5S.Na.H2O.H/c1-7-10(12(23-29-7)11-8(20)5-4-6-9(11)21)15(25)22-13-16(26)24-14(18(27)28)19(2,3)30-17(13)24;;;/h4-6,13-14,17H,1-3H3,(H,22,25)(H,27,28);;1H2;/q;+1;;-1/t13-,14+,17-;;;/m1.../s1. The van der Waals surface area contributed by atoms with Crippen molar-refractivity contribution in [3.63, 3.8) is 0 Å². The predicted octanol–water partition coefficient (Wildman–Crippen LogP) is -1.02. The zero-order valence-electron chi connectivity index (χ0n) is 18.6. The Labute approximate surface area is 215 Å². The maximum Gasteiger partial charge on any atom is 1.00 e. The SMILES string of the molecule is Cc1onc(-c2c(F)cccc2Cl)c1C(=O)N[C@@H]1C(=O)N2[C@@H]1SC(C)(C)[C@@H]2C(=O)O.O.[H-].[Na+]. The Morgan fingerprint density at radius 3 is 2.66 bits per heavy atom. The molecule has 4 N–H and O–H groups in total. The first-order valence-electron chi connectivity index (χ1n) is 8.99. The molecule has 32 heavy (non-hydrogen) atoms. The van der Waals surface area contributed by atoms with Gasteiger partial charge in [0, 0.05) is 4.75 Å². The van der Waals surface area contributed by atoms with Crippen molar-refractivity contribution in [1.82, 2.24) is 15.4 Å². The zero-order chi connectivity index (χ0) is 22.0. The molecule has 0 saturated carbocycles. The molecule has 0 unspecified atom stereocenters. The third-order valence-electron chi connectivity index (χ3n) is 5.25. The molecule has 2 aliphatic rings. The van der Waals surface area contributed by atoms with Crippen LogP contribution in [0.4, 0.5) is 4.39 Å². The number of thioether (sulfide) groups is 1. The summed E-state index contributed by atoms with van der Waals surface area (Å²) in [6.45, 7) is 4.97. The molecule has 0 bridgehead atoms. The van der Waals surface area contributed by atoms with Gasteiger partial charge in [-0.05, 0) is 32.9 Å². The Morgan fingerprint density at radius 1 is 1.41 bits per heavy atom. The molecule has 1 aromatic carbocycles. The number of amides is 2. The smallest absolute Gasteiger partial charge is 1.00 e. The summed E-state index contributed by atoms with van der Waals surface area (Å²) < 4.78 is 18.7. The molecule has 2 amide bonds. The van der Waals surface area contributed by atoms with Gasteiger partial charge < -0.3 is 26.7 Å². The second-order valence-electron chi connectivity index (χ2n) is 7.61. The number of rotatable bonds is 4. The minimum absolute atomic E-state index is 0. The zero-order valence-corrected chi connectivity index (χ0v) is 21.2. The Hall–Kier alpha value is -1.63. The van der Waals surface area contributed by atoms with Crippen molar-refractivity contribution in [3.05, 3.63) is 40.4 Å². The van der Waals surface area contributed by atoms with Crippen LogP contribution in [-0.2, 0) is 9.59 Å². The third-order valence-corrected chi connectivity index (χ3v) is 7.14. The first-order valence-corrected chi connectivity index (χ1v) is 10.2. The Morgan fingerprint density at radius 2 is 2.06 bits per heavy atom. The fourth-order valence-electron chi connectivity index (χ4n) is 3.89. The number of carboxylic acids is 1. The molecule has 9 nitrogen and oxygen atoms in total. The molecule has 2 saturated heterocycles. The topological polar surface area (TPSA) is 144 Å². The third kappa shape index (κ3) is 4.06. The van der Waals surface area contributed by atoms with Crippen molar-refractivity contribution in [2.75, 3.05) is 0 Å². The number of carbonyl (C=O) groups is 3. The Bertz CT molecular complexity index is 1080. The molecule has 4 rings (SSSR count). The maximum absolute atomic E-state index is 14.4. The van der Waals surface area contributed by atoms with Crippen molar-refractivity contribution >= 4 is 41.1 Å². The van der Waals surface area contributed by atoms with Crippen LogP contribution in [0.5, 0.6) is 0 Å². The molecule has 1 aromatic heterocycles. The molecular formula is C19H20ClFN3NaO6S. The van der Waals surface area contributed by atoms with Crippen molar-refractivity contribution in [2.24, 2.45) is 0 Å². The van der Waals surface area contributed by atoms with E-state index >= 15 is 0 Å². The number of nitrogens with one attached hydrogen (secondary N) is 1. The summed E-state index contributed by atoms with van der Waals surface area (Å²) in [6, 6.07) is 2.17. The minimum atomic E-state index is -1.10. The van der Waals surface area contributed by atoms with Gasteiger partial charge in [-0.2, -0.15) is 0 Å². The van der Waals surface area contributed by atoms with E-state index in [0.717, 1.165) is 0 Å². The first kappa shape index (κ1) is 26.6. The number of benzene rings is 1. The second-order valence-corrected chi connectivity index (χ2v) is 9.79. The molecule has 2 fully saturated rings. The van der Waals surface area contributed by atoms with Crippen molar-refractivity contribution in [2.45, 2.75) is 43.0 Å². The summed E-state index contributed by atoms with van der Waals surface area (Å²) in [6.07, 6.45) is 0. The van der Waals surface area contributed by atoms with E-state index in [-0.39, 0.29) is 64.1 Å². The van der Waals surface area contributed by atoms with Gasteiger partial charge in [-0.25, -0.2) is 9.18 Å². The summed E-state index contributed by atoms with van der Waals surface area (Å²) in [4.78, 5) is 38.5. The van der Waals surface area contributed by atoms with E-state index in [9.17, 15) is 23.9 Å². The molecule has 168 valence electrons. The van der Waals surface area contributed by atoms with E-state index < -0.39 is 45.8 Å². The summed E-state index contributed by atoms with van der Waals surface area (Å²) in [5.41, 5.74) is -0.185. The molecule has 0 radical (unpaired) electrons. The summed E-state index contributed by atoms with van der Waals surface area (Å²) in [5.74, 6) is -2.81. The summed E-state index contributed by atoms with van der Waals surface area (Å²) >= 11 is 7.40. The Kier molecular flexibility index (Phi) is 7.75. The molecule has 2 aromatic rings. The number of carbonyl (C=O) groups excluding carboxylic acids is 2. The maximum atomic E-state index is 14.4. The van der Waals surface area contributed by atoms with Crippen molar-refractivity contribution in [1.29, 1.82) is 0 Å². The van der Waals surface area contributed by atoms with E-state index in [1.165, 1.54) is 41.8 Å².